The van der Waals surface area contributed by atoms with E-state index in [1.165, 1.54) is 10.8 Å². The lowest BCUT2D eigenvalue weighted by Gasteiger charge is -2.05. The summed E-state index contributed by atoms with van der Waals surface area (Å²) in [6.07, 6.45) is 0. The van der Waals surface area contributed by atoms with Gasteiger partial charge in [-0.2, -0.15) is 0 Å². The summed E-state index contributed by atoms with van der Waals surface area (Å²) in [5.74, 6) is 1.57. The Kier molecular flexibility index (Phi) is 2.73. The summed E-state index contributed by atoms with van der Waals surface area (Å²) >= 11 is 0. The first kappa shape index (κ1) is 10.8. The van der Waals surface area contributed by atoms with E-state index >= 15 is 0 Å². The SMILES string of the molecule is Cc1cc(COc2ccc3ccccc3c2)on1. The van der Waals surface area contributed by atoms with Gasteiger partial charge in [-0.25, -0.2) is 0 Å². The van der Waals surface area contributed by atoms with Crippen LogP contribution in [-0.2, 0) is 6.61 Å². The molecule has 3 heteroatoms. The van der Waals surface area contributed by atoms with E-state index in [4.69, 9.17) is 9.26 Å². The lowest BCUT2D eigenvalue weighted by atomic mass is 10.1. The van der Waals surface area contributed by atoms with Crippen molar-refractivity contribution in [2.24, 2.45) is 0 Å². The van der Waals surface area contributed by atoms with Gasteiger partial charge in [0.25, 0.3) is 0 Å². The minimum atomic E-state index is 0.402. The number of fused-ring (bicyclic) bond motifs is 1. The molecule has 0 amide bonds. The van der Waals surface area contributed by atoms with Gasteiger partial charge in [0.1, 0.15) is 12.4 Å². The van der Waals surface area contributed by atoms with Crippen LogP contribution in [0.3, 0.4) is 0 Å². The largest absolute Gasteiger partial charge is 0.486 e. The Bertz CT molecular complexity index is 673. The standard InChI is InChI=1S/C15H13NO2/c1-11-8-15(18-16-11)10-17-14-7-6-12-4-2-3-5-13(12)9-14/h2-9H,10H2,1H3. The van der Waals surface area contributed by atoms with Gasteiger partial charge in [-0.05, 0) is 29.8 Å². The Morgan fingerprint density at radius 2 is 1.89 bits per heavy atom. The molecule has 0 spiro atoms. The average molecular weight is 239 g/mol. The maximum Gasteiger partial charge on any atom is 0.174 e. The number of benzene rings is 2. The predicted octanol–water partition coefficient (Wildman–Crippen LogP) is 3.72. The molecule has 2 aromatic carbocycles. The van der Waals surface area contributed by atoms with Crippen molar-refractivity contribution < 1.29 is 9.26 Å². The summed E-state index contributed by atoms with van der Waals surface area (Å²) in [5.41, 5.74) is 0.868. The van der Waals surface area contributed by atoms with Crippen molar-refractivity contribution in [3.05, 3.63) is 60.0 Å². The minimum Gasteiger partial charge on any atom is -0.486 e. The van der Waals surface area contributed by atoms with Crippen LogP contribution in [0.15, 0.2) is 53.1 Å². The first-order valence-electron chi connectivity index (χ1n) is 5.85. The summed E-state index contributed by atoms with van der Waals surface area (Å²) in [7, 11) is 0. The van der Waals surface area contributed by atoms with Crippen LogP contribution in [-0.4, -0.2) is 5.16 Å². The highest BCUT2D eigenvalue weighted by molar-refractivity contribution is 5.83. The summed E-state index contributed by atoms with van der Waals surface area (Å²) in [4.78, 5) is 0. The number of rotatable bonds is 3. The van der Waals surface area contributed by atoms with E-state index in [-0.39, 0.29) is 0 Å². The molecule has 1 aromatic heterocycles. The quantitative estimate of drug-likeness (QED) is 0.698. The third-order valence-corrected chi connectivity index (χ3v) is 2.78. The van der Waals surface area contributed by atoms with E-state index in [1.807, 2.05) is 37.3 Å². The summed E-state index contributed by atoms with van der Waals surface area (Å²) in [6.45, 7) is 2.29. The molecule has 0 unspecified atom stereocenters. The van der Waals surface area contributed by atoms with Crippen LogP contribution in [0.5, 0.6) is 5.75 Å². The molecule has 0 fully saturated rings. The van der Waals surface area contributed by atoms with E-state index in [0.717, 1.165) is 17.2 Å². The molecule has 0 aliphatic rings. The second-order valence-electron chi connectivity index (χ2n) is 4.23. The highest BCUT2D eigenvalue weighted by Crippen LogP contribution is 2.21. The zero-order valence-corrected chi connectivity index (χ0v) is 10.1. The molecule has 3 rings (SSSR count). The fourth-order valence-corrected chi connectivity index (χ4v) is 1.90. The van der Waals surface area contributed by atoms with E-state index < -0.39 is 0 Å². The van der Waals surface area contributed by atoms with Crippen LogP contribution in [0.2, 0.25) is 0 Å². The molecule has 0 radical (unpaired) electrons. The van der Waals surface area contributed by atoms with Crippen molar-refractivity contribution in [1.29, 1.82) is 0 Å². The van der Waals surface area contributed by atoms with E-state index in [0.29, 0.717) is 6.61 Å². The highest BCUT2D eigenvalue weighted by atomic mass is 16.5. The van der Waals surface area contributed by atoms with Crippen molar-refractivity contribution in [3.63, 3.8) is 0 Å². The van der Waals surface area contributed by atoms with Gasteiger partial charge in [0.05, 0.1) is 5.69 Å². The molecule has 0 aliphatic heterocycles. The summed E-state index contributed by atoms with van der Waals surface area (Å²) in [5, 5.41) is 6.20. The first-order chi connectivity index (χ1) is 8.81. The molecule has 3 aromatic rings. The number of ether oxygens (including phenoxy) is 1. The van der Waals surface area contributed by atoms with Gasteiger partial charge in [-0.1, -0.05) is 35.5 Å². The molecule has 0 saturated carbocycles. The van der Waals surface area contributed by atoms with Crippen LogP contribution >= 0.6 is 0 Å². The van der Waals surface area contributed by atoms with Gasteiger partial charge >= 0.3 is 0 Å². The maximum atomic E-state index is 5.68. The van der Waals surface area contributed by atoms with E-state index in [9.17, 15) is 0 Å². The molecular weight excluding hydrogens is 226 g/mol. The highest BCUT2D eigenvalue weighted by Gasteiger charge is 2.02. The van der Waals surface area contributed by atoms with Gasteiger partial charge in [0, 0.05) is 6.07 Å². The average Bonchev–Trinajstić information content (AvgIpc) is 2.82. The molecule has 0 atom stereocenters. The zero-order chi connectivity index (χ0) is 12.4. The lowest BCUT2D eigenvalue weighted by molar-refractivity contribution is 0.249. The normalized spacial score (nSPS) is 10.7. The molecular formula is C15H13NO2. The van der Waals surface area contributed by atoms with Crippen molar-refractivity contribution >= 4 is 10.8 Å². The molecule has 3 nitrogen and oxygen atoms in total. The molecule has 90 valence electrons. The Hall–Kier alpha value is -2.29. The van der Waals surface area contributed by atoms with Gasteiger partial charge in [0.2, 0.25) is 0 Å². The fraction of sp³-hybridized carbons (Fsp3) is 0.133. The fourth-order valence-electron chi connectivity index (χ4n) is 1.90. The summed E-state index contributed by atoms with van der Waals surface area (Å²) < 4.78 is 10.8. The molecule has 0 aliphatic carbocycles. The number of aryl methyl sites for hydroxylation is 1. The molecule has 0 saturated heterocycles. The van der Waals surface area contributed by atoms with Crippen LogP contribution < -0.4 is 4.74 Å². The maximum absolute atomic E-state index is 5.68. The molecule has 18 heavy (non-hydrogen) atoms. The van der Waals surface area contributed by atoms with Gasteiger partial charge in [0.15, 0.2) is 5.76 Å². The third-order valence-electron chi connectivity index (χ3n) is 2.78. The first-order valence-corrected chi connectivity index (χ1v) is 5.85. The third kappa shape index (κ3) is 2.20. The molecule has 0 N–H and O–H groups in total. The topological polar surface area (TPSA) is 35.3 Å². The van der Waals surface area contributed by atoms with Crippen LogP contribution in [0, 0.1) is 6.92 Å². The Morgan fingerprint density at radius 3 is 2.67 bits per heavy atom. The lowest BCUT2D eigenvalue weighted by Crippen LogP contribution is -1.93. The van der Waals surface area contributed by atoms with E-state index in [2.05, 4.69) is 23.4 Å². The van der Waals surface area contributed by atoms with Crippen molar-refractivity contribution in [1.82, 2.24) is 5.16 Å². The minimum absolute atomic E-state index is 0.402. The number of nitrogens with zero attached hydrogens (tertiary/aromatic N) is 1. The van der Waals surface area contributed by atoms with Gasteiger partial charge in [-0.15, -0.1) is 0 Å². The number of aromatic nitrogens is 1. The van der Waals surface area contributed by atoms with Crippen molar-refractivity contribution in [3.8, 4) is 5.75 Å². The Balaban J connectivity index is 1.78. The van der Waals surface area contributed by atoms with Crippen LogP contribution in [0.1, 0.15) is 11.5 Å². The van der Waals surface area contributed by atoms with Gasteiger partial charge < -0.3 is 9.26 Å². The Morgan fingerprint density at radius 1 is 1.06 bits per heavy atom. The van der Waals surface area contributed by atoms with Crippen molar-refractivity contribution in [2.45, 2.75) is 13.5 Å². The number of hydrogen-bond acceptors (Lipinski definition) is 3. The Labute approximate surface area is 105 Å². The smallest absolute Gasteiger partial charge is 0.174 e. The van der Waals surface area contributed by atoms with Gasteiger partial charge in [-0.3, -0.25) is 0 Å². The molecule has 1 heterocycles. The van der Waals surface area contributed by atoms with Crippen molar-refractivity contribution in [2.75, 3.05) is 0 Å². The van der Waals surface area contributed by atoms with Crippen LogP contribution in [0.4, 0.5) is 0 Å². The second kappa shape index (κ2) is 4.53. The van der Waals surface area contributed by atoms with Crippen LogP contribution in [0.25, 0.3) is 10.8 Å². The predicted molar refractivity (Wildman–Crippen MR) is 69.5 cm³/mol. The van der Waals surface area contributed by atoms with E-state index in [1.54, 1.807) is 0 Å². The molecule has 0 bridgehead atoms. The monoisotopic (exact) mass is 239 g/mol. The second-order valence-corrected chi connectivity index (χ2v) is 4.23. The zero-order valence-electron chi connectivity index (χ0n) is 10.1. The number of hydrogen-bond donors (Lipinski definition) is 0. The summed E-state index contributed by atoms with van der Waals surface area (Å²) in [6, 6.07) is 16.1.